The van der Waals surface area contributed by atoms with Crippen LogP contribution < -0.4 is 5.32 Å². The lowest BCUT2D eigenvalue weighted by molar-refractivity contribution is -0.124. The molecule has 2 heterocycles. The molecular formula is C13H17N3O3. The first-order valence-corrected chi connectivity index (χ1v) is 6.23. The number of aryl methyl sites for hydroxylation is 1. The highest BCUT2D eigenvalue weighted by Crippen LogP contribution is 2.16. The van der Waals surface area contributed by atoms with E-state index in [0.717, 1.165) is 22.8 Å². The highest BCUT2D eigenvalue weighted by molar-refractivity contribution is 6.08. The number of amides is 3. The third-order valence-electron chi connectivity index (χ3n) is 3.43. The minimum absolute atomic E-state index is 0.0277. The van der Waals surface area contributed by atoms with Crippen LogP contribution in [0.5, 0.6) is 0 Å². The van der Waals surface area contributed by atoms with Crippen LogP contribution in [0.15, 0.2) is 6.07 Å². The fraction of sp³-hybridized carbons (Fsp3) is 0.462. The summed E-state index contributed by atoms with van der Waals surface area (Å²) >= 11 is 0. The number of aromatic nitrogens is 1. The standard InChI is InChI=1S/C13H17N3O3/c1-4-15-8(2)5-10(9(15)3)11(17)7-16-12(18)6-14-13(16)19/h5H,4,6-7H2,1-3H3,(H,14,19). The molecule has 1 aliphatic heterocycles. The predicted octanol–water partition coefficient (Wildman–Crippen LogP) is 0.859. The molecule has 0 bridgehead atoms. The third-order valence-corrected chi connectivity index (χ3v) is 3.43. The van der Waals surface area contributed by atoms with Gasteiger partial charge < -0.3 is 9.88 Å². The molecule has 0 spiro atoms. The molecule has 19 heavy (non-hydrogen) atoms. The van der Waals surface area contributed by atoms with Gasteiger partial charge in [-0.25, -0.2) is 4.79 Å². The minimum atomic E-state index is -0.498. The van der Waals surface area contributed by atoms with Gasteiger partial charge in [0.05, 0.1) is 13.1 Å². The van der Waals surface area contributed by atoms with Crippen molar-refractivity contribution in [3.05, 3.63) is 23.0 Å². The van der Waals surface area contributed by atoms with Gasteiger partial charge in [-0.1, -0.05) is 0 Å². The van der Waals surface area contributed by atoms with Gasteiger partial charge in [0.25, 0.3) is 0 Å². The Hall–Kier alpha value is -2.11. The van der Waals surface area contributed by atoms with Crippen molar-refractivity contribution in [2.45, 2.75) is 27.3 Å². The largest absolute Gasteiger partial charge is 0.349 e. The SMILES string of the molecule is CCn1c(C)cc(C(=O)CN2C(=O)CNC2=O)c1C. The second kappa shape index (κ2) is 4.87. The van der Waals surface area contributed by atoms with E-state index < -0.39 is 6.03 Å². The van der Waals surface area contributed by atoms with E-state index in [-0.39, 0.29) is 24.8 Å². The fourth-order valence-electron chi connectivity index (χ4n) is 2.41. The Labute approximate surface area is 111 Å². The van der Waals surface area contributed by atoms with Gasteiger partial charge in [-0.3, -0.25) is 14.5 Å². The number of imide groups is 1. The number of ketones is 1. The summed E-state index contributed by atoms with van der Waals surface area (Å²) in [5.41, 5.74) is 2.45. The molecule has 1 N–H and O–H groups in total. The number of carbonyl (C=O) groups excluding carboxylic acids is 3. The van der Waals surface area contributed by atoms with Crippen LogP contribution in [0.4, 0.5) is 4.79 Å². The Morgan fingerprint density at radius 2 is 2.05 bits per heavy atom. The van der Waals surface area contributed by atoms with Crippen LogP contribution >= 0.6 is 0 Å². The number of nitrogens with one attached hydrogen (secondary N) is 1. The normalized spacial score (nSPS) is 15.0. The summed E-state index contributed by atoms with van der Waals surface area (Å²) < 4.78 is 2.03. The molecule has 0 aliphatic carbocycles. The average Bonchev–Trinajstić information content (AvgIpc) is 2.83. The molecule has 1 aromatic rings. The highest BCUT2D eigenvalue weighted by Gasteiger charge is 2.31. The summed E-state index contributed by atoms with van der Waals surface area (Å²) in [5, 5.41) is 2.40. The summed E-state index contributed by atoms with van der Waals surface area (Å²) in [6.07, 6.45) is 0. The Bertz CT molecular complexity index is 544. The van der Waals surface area contributed by atoms with E-state index in [9.17, 15) is 14.4 Å². The molecule has 1 aliphatic rings. The first kappa shape index (κ1) is 13.3. The lowest BCUT2D eigenvalue weighted by Gasteiger charge is -2.11. The van der Waals surface area contributed by atoms with Gasteiger partial charge in [0.15, 0.2) is 5.78 Å². The van der Waals surface area contributed by atoms with Crippen LogP contribution in [0.3, 0.4) is 0 Å². The monoisotopic (exact) mass is 263 g/mol. The van der Waals surface area contributed by atoms with Gasteiger partial charge >= 0.3 is 6.03 Å². The van der Waals surface area contributed by atoms with Crippen molar-refractivity contribution in [1.82, 2.24) is 14.8 Å². The van der Waals surface area contributed by atoms with Crippen molar-refractivity contribution in [2.75, 3.05) is 13.1 Å². The van der Waals surface area contributed by atoms with Crippen LogP contribution in [-0.4, -0.2) is 40.3 Å². The maximum atomic E-state index is 12.2. The fourth-order valence-corrected chi connectivity index (χ4v) is 2.41. The van der Waals surface area contributed by atoms with Gasteiger partial charge in [-0.05, 0) is 26.8 Å². The number of carbonyl (C=O) groups is 3. The summed E-state index contributed by atoms with van der Waals surface area (Å²) in [6, 6.07) is 1.31. The van der Waals surface area contributed by atoms with Crippen molar-refractivity contribution >= 4 is 17.7 Å². The predicted molar refractivity (Wildman–Crippen MR) is 69.0 cm³/mol. The Morgan fingerprint density at radius 3 is 2.53 bits per heavy atom. The van der Waals surface area contributed by atoms with Crippen LogP contribution in [0.1, 0.15) is 28.7 Å². The van der Waals surface area contributed by atoms with Crippen LogP contribution in [0.25, 0.3) is 0 Å². The van der Waals surface area contributed by atoms with E-state index in [4.69, 9.17) is 0 Å². The number of Topliss-reactive ketones (excluding diaryl/α,β-unsaturated/α-hetero) is 1. The van der Waals surface area contributed by atoms with E-state index >= 15 is 0 Å². The lowest BCUT2D eigenvalue weighted by atomic mass is 10.1. The third kappa shape index (κ3) is 2.25. The van der Waals surface area contributed by atoms with E-state index in [2.05, 4.69) is 5.32 Å². The van der Waals surface area contributed by atoms with E-state index in [1.807, 2.05) is 25.3 Å². The zero-order valence-electron chi connectivity index (χ0n) is 11.3. The molecule has 0 saturated carbocycles. The van der Waals surface area contributed by atoms with E-state index in [1.165, 1.54) is 0 Å². The molecule has 0 aromatic carbocycles. The Kier molecular flexibility index (Phi) is 3.42. The van der Waals surface area contributed by atoms with Gasteiger partial charge in [0.2, 0.25) is 5.91 Å². The summed E-state index contributed by atoms with van der Waals surface area (Å²) in [4.78, 5) is 36.0. The number of rotatable bonds is 4. The topological polar surface area (TPSA) is 71.4 Å². The van der Waals surface area contributed by atoms with Crippen LogP contribution in [0.2, 0.25) is 0 Å². The maximum Gasteiger partial charge on any atom is 0.325 e. The highest BCUT2D eigenvalue weighted by atomic mass is 16.2. The first-order chi connectivity index (χ1) is 8.95. The molecule has 0 unspecified atom stereocenters. The molecule has 1 saturated heterocycles. The smallest absolute Gasteiger partial charge is 0.325 e. The summed E-state index contributed by atoms with van der Waals surface area (Å²) in [5.74, 6) is -0.569. The van der Waals surface area contributed by atoms with Gasteiger partial charge in [0, 0.05) is 23.5 Å². The molecule has 102 valence electrons. The second-order valence-electron chi connectivity index (χ2n) is 4.59. The van der Waals surface area contributed by atoms with Crippen molar-refractivity contribution in [2.24, 2.45) is 0 Å². The van der Waals surface area contributed by atoms with E-state index in [1.54, 1.807) is 6.07 Å². The first-order valence-electron chi connectivity index (χ1n) is 6.23. The molecule has 0 atom stereocenters. The molecule has 1 fully saturated rings. The molecular weight excluding hydrogens is 246 g/mol. The minimum Gasteiger partial charge on any atom is -0.349 e. The van der Waals surface area contributed by atoms with Gasteiger partial charge in [-0.2, -0.15) is 0 Å². The summed E-state index contributed by atoms with van der Waals surface area (Å²) in [7, 11) is 0. The molecule has 6 nitrogen and oxygen atoms in total. The zero-order valence-corrected chi connectivity index (χ0v) is 11.3. The number of hydrogen-bond donors (Lipinski definition) is 1. The molecule has 6 heteroatoms. The lowest BCUT2D eigenvalue weighted by Crippen LogP contribution is -2.35. The van der Waals surface area contributed by atoms with Crippen molar-refractivity contribution in [3.63, 3.8) is 0 Å². The Morgan fingerprint density at radius 1 is 1.37 bits per heavy atom. The van der Waals surface area contributed by atoms with Crippen LogP contribution in [-0.2, 0) is 11.3 Å². The maximum absolute atomic E-state index is 12.2. The van der Waals surface area contributed by atoms with Crippen molar-refractivity contribution in [1.29, 1.82) is 0 Å². The molecule has 2 rings (SSSR count). The van der Waals surface area contributed by atoms with E-state index in [0.29, 0.717) is 5.56 Å². The van der Waals surface area contributed by atoms with Crippen LogP contribution in [0, 0.1) is 13.8 Å². The summed E-state index contributed by atoms with van der Waals surface area (Å²) in [6.45, 7) is 6.37. The number of urea groups is 1. The van der Waals surface area contributed by atoms with Crippen molar-refractivity contribution in [3.8, 4) is 0 Å². The average molecular weight is 263 g/mol. The molecule has 3 amide bonds. The van der Waals surface area contributed by atoms with Crippen molar-refractivity contribution < 1.29 is 14.4 Å². The zero-order chi connectivity index (χ0) is 14.2. The van der Waals surface area contributed by atoms with Gasteiger partial charge in [-0.15, -0.1) is 0 Å². The molecule has 1 aromatic heterocycles. The number of nitrogens with zero attached hydrogens (tertiary/aromatic N) is 2. The molecule has 0 radical (unpaired) electrons. The second-order valence-corrected chi connectivity index (χ2v) is 4.59. The number of hydrogen-bond acceptors (Lipinski definition) is 3. The quantitative estimate of drug-likeness (QED) is 0.647. The van der Waals surface area contributed by atoms with Gasteiger partial charge in [0.1, 0.15) is 0 Å². The Balaban J connectivity index is 2.21.